The Morgan fingerprint density at radius 1 is 1.35 bits per heavy atom. The second-order valence-corrected chi connectivity index (χ2v) is 7.32. The van der Waals surface area contributed by atoms with Gasteiger partial charge in [0.2, 0.25) is 0 Å². The van der Waals surface area contributed by atoms with Crippen molar-refractivity contribution in [3.8, 4) is 16.3 Å². The van der Waals surface area contributed by atoms with Crippen LogP contribution in [0.25, 0.3) is 16.3 Å². The quantitative estimate of drug-likeness (QED) is 0.770. The zero-order chi connectivity index (χ0) is 17.9. The molecule has 3 aromatic rings. The Bertz CT molecular complexity index is 882. The van der Waals surface area contributed by atoms with Crippen molar-refractivity contribution in [1.82, 2.24) is 25.0 Å². The van der Waals surface area contributed by atoms with E-state index >= 15 is 0 Å². The van der Waals surface area contributed by atoms with Gasteiger partial charge in [0.1, 0.15) is 10.7 Å². The Balaban J connectivity index is 1.51. The van der Waals surface area contributed by atoms with Crippen LogP contribution in [-0.2, 0) is 0 Å². The monoisotopic (exact) mass is 367 g/mol. The molecular formula is C19H21N5OS. The molecule has 26 heavy (non-hydrogen) atoms. The molecule has 6 nitrogen and oxygen atoms in total. The maximum Gasteiger partial charge on any atom is 0.273 e. The van der Waals surface area contributed by atoms with Crippen molar-refractivity contribution in [3.05, 3.63) is 53.8 Å². The van der Waals surface area contributed by atoms with Crippen molar-refractivity contribution >= 4 is 17.2 Å². The standard InChI is InChI=1S/C19H21N5OS/c1-23(16-8-5-9-20-11-16)19(25)17-13-26-18(22-17)14-10-21-24(12-14)15-6-3-2-4-7-15/h2-4,6-7,10,12-13,16,20H,5,8-9,11H2,1H3. The fourth-order valence-electron chi connectivity index (χ4n) is 3.17. The largest absolute Gasteiger partial charge is 0.336 e. The lowest BCUT2D eigenvalue weighted by Gasteiger charge is -2.31. The third-order valence-corrected chi connectivity index (χ3v) is 5.60. The summed E-state index contributed by atoms with van der Waals surface area (Å²) in [6.07, 6.45) is 5.87. The fraction of sp³-hybridized carbons (Fsp3) is 0.316. The molecule has 134 valence electrons. The van der Waals surface area contributed by atoms with E-state index in [0.29, 0.717) is 5.69 Å². The molecule has 0 radical (unpaired) electrons. The molecule has 0 aliphatic carbocycles. The summed E-state index contributed by atoms with van der Waals surface area (Å²) in [4.78, 5) is 19.1. The summed E-state index contributed by atoms with van der Waals surface area (Å²) in [5.74, 6) is -0.0170. The van der Waals surface area contributed by atoms with Gasteiger partial charge in [-0.1, -0.05) is 18.2 Å². The molecule has 1 amide bonds. The summed E-state index contributed by atoms with van der Waals surface area (Å²) in [6.45, 7) is 1.88. The second-order valence-electron chi connectivity index (χ2n) is 6.46. The van der Waals surface area contributed by atoms with Crippen LogP contribution in [0.5, 0.6) is 0 Å². The molecule has 2 aromatic heterocycles. The number of likely N-dealkylation sites (N-methyl/N-ethyl adjacent to an activating group) is 1. The molecule has 1 N–H and O–H groups in total. The Hall–Kier alpha value is -2.51. The summed E-state index contributed by atoms with van der Waals surface area (Å²) < 4.78 is 1.82. The number of para-hydroxylation sites is 1. The number of thiazole rings is 1. The molecule has 0 bridgehead atoms. The van der Waals surface area contributed by atoms with Crippen molar-refractivity contribution in [2.24, 2.45) is 0 Å². The van der Waals surface area contributed by atoms with E-state index in [1.165, 1.54) is 11.3 Å². The minimum atomic E-state index is -0.0170. The van der Waals surface area contributed by atoms with E-state index in [4.69, 9.17) is 0 Å². The molecule has 4 rings (SSSR count). The highest BCUT2D eigenvalue weighted by molar-refractivity contribution is 7.13. The molecule has 1 fully saturated rings. The van der Waals surface area contributed by atoms with E-state index in [2.05, 4.69) is 15.4 Å². The SMILES string of the molecule is CN(C(=O)c1csc(-c2cnn(-c3ccccc3)c2)n1)C1CCCNC1. The highest BCUT2D eigenvalue weighted by atomic mass is 32.1. The van der Waals surface area contributed by atoms with Gasteiger partial charge in [0.25, 0.3) is 5.91 Å². The number of amides is 1. The number of hydrogen-bond donors (Lipinski definition) is 1. The topological polar surface area (TPSA) is 63.1 Å². The number of hydrogen-bond acceptors (Lipinski definition) is 5. The maximum absolute atomic E-state index is 12.7. The van der Waals surface area contributed by atoms with E-state index in [9.17, 15) is 4.79 Å². The van der Waals surface area contributed by atoms with Crippen molar-refractivity contribution in [3.63, 3.8) is 0 Å². The smallest absolute Gasteiger partial charge is 0.273 e. The molecule has 7 heteroatoms. The summed E-state index contributed by atoms with van der Waals surface area (Å²) in [6, 6.07) is 10.2. The third-order valence-electron chi connectivity index (χ3n) is 4.71. The normalized spacial score (nSPS) is 17.2. The molecule has 0 spiro atoms. The van der Waals surface area contributed by atoms with E-state index in [0.717, 1.165) is 42.2 Å². The van der Waals surface area contributed by atoms with Crippen molar-refractivity contribution in [2.75, 3.05) is 20.1 Å². The van der Waals surface area contributed by atoms with Gasteiger partial charge in [0, 0.05) is 36.8 Å². The van der Waals surface area contributed by atoms with Crippen LogP contribution in [0.4, 0.5) is 0 Å². The number of aromatic nitrogens is 3. The number of carbonyl (C=O) groups excluding carboxylic acids is 1. The van der Waals surface area contributed by atoms with Gasteiger partial charge in [-0.05, 0) is 31.5 Å². The van der Waals surface area contributed by atoms with Crippen LogP contribution in [0, 0.1) is 0 Å². The van der Waals surface area contributed by atoms with Gasteiger partial charge in [-0.15, -0.1) is 11.3 Å². The van der Waals surface area contributed by atoms with Gasteiger partial charge in [0.15, 0.2) is 0 Å². The van der Waals surface area contributed by atoms with E-state index < -0.39 is 0 Å². The molecule has 1 saturated heterocycles. The average molecular weight is 367 g/mol. The predicted octanol–water partition coefficient (Wildman–Crippen LogP) is 2.82. The molecule has 1 atom stereocenters. The number of benzene rings is 1. The second kappa shape index (κ2) is 7.39. The van der Waals surface area contributed by atoms with Gasteiger partial charge >= 0.3 is 0 Å². The Labute approximate surface area is 156 Å². The van der Waals surface area contributed by atoms with Gasteiger partial charge < -0.3 is 10.2 Å². The van der Waals surface area contributed by atoms with E-state index in [1.54, 1.807) is 6.20 Å². The maximum atomic E-state index is 12.7. The van der Waals surface area contributed by atoms with Crippen LogP contribution in [0.3, 0.4) is 0 Å². The lowest BCUT2D eigenvalue weighted by Crippen LogP contribution is -2.46. The van der Waals surface area contributed by atoms with Crippen molar-refractivity contribution in [2.45, 2.75) is 18.9 Å². The Morgan fingerprint density at radius 3 is 2.96 bits per heavy atom. The number of rotatable bonds is 4. The zero-order valence-corrected chi connectivity index (χ0v) is 15.4. The molecule has 3 heterocycles. The lowest BCUT2D eigenvalue weighted by molar-refractivity contribution is 0.0703. The number of piperidine rings is 1. The molecule has 1 aromatic carbocycles. The Morgan fingerprint density at radius 2 is 2.19 bits per heavy atom. The highest BCUT2D eigenvalue weighted by Crippen LogP contribution is 2.25. The summed E-state index contributed by atoms with van der Waals surface area (Å²) in [7, 11) is 1.87. The first kappa shape index (κ1) is 16.9. The summed E-state index contributed by atoms with van der Waals surface area (Å²) in [5.41, 5.74) is 2.42. The first-order valence-electron chi connectivity index (χ1n) is 8.76. The van der Waals surface area contributed by atoms with Crippen LogP contribution in [0.2, 0.25) is 0 Å². The minimum absolute atomic E-state index is 0.0170. The summed E-state index contributed by atoms with van der Waals surface area (Å²) >= 11 is 1.48. The van der Waals surface area contributed by atoms with Gasteiger partial charge in [-0.25, -0.2) is 9.67 Å². The lowest BCUT2D eigenvalue weighted by atomic mass is 10.1. The summed E-state index contributed by atoms with van der Waals surface area (Å²) in [5, 5.41) is 10.4. The average Bonchev–Trinajstić information content (AvgIpc) is 3.38. The van der Waals surface area contributed by atoms with Crippen LogP contribution >= 0.6 is 11.3 Å². The highest BCUT2D eigenvalue weighted by Gasteiger charge is 2.24. The third kappa shape index (κ3) is 3.40. The van der Waals surface area contributed by atoms with Crippen LogP contribution in [0.15, 0.2) is 48.1 Å². The van der Waals surface area contributed by atoms with Gasteiger partial charge in [0.05, 0.1) is 11.9 Å². The van der Waals surface area contributed by atoms with E-state index in [-0.39, 0.29) is 11.9 Å². The molecule has 1 aliphatic rings. The fourth-order valence-corrected chi connectivity index (χ4v) is 3.94. The van der Waals surface area contributed by atoms with E-state index in [1.807, 2.05) is 58.5 Å². The Kier molecular flexibility index (Phi) is 4.81. The number of nitrogens with one attached hydrogen (secondary N) is 1. The molecule has 1 aliphatic heterocycles. The first-order chi connectivity index (χ1) is 12.7. The van der Waals surface area contributed by atoms with Gasteiger partial charge in [-0.2, -0.15) is 5.10 Å². The van der Waals surface area contributed by atoms with Crippen molar-refractivity contribution < 1.29 is 4.79 Å². The zero-order valence-electron chi connectivity index (χ0n) is 14.6. The molecular weight excluding hydrogens is 346 g/mol. The number of carbonyl (C=O) groups is 1. The van der Waals surface area contributed by atoms with Crippen molar-refractivity contribution in [1.29, 1.82) is 0 Å². The number of nitrogens with zero attached hydrogens (tertiary/aromatic N) is 4. The van der Waals surface area contributed by atoms with Crippen LogP contribution in [0.1, 0.15) is 23.3 Å². The molecule has 0 saturated carbocycles. The van der Waals surface area contributed by atoms with Crippen LogP contribution in [-0.4, -0.2) is 51.8 Å². The van der Waals surface area contributed by atoms with Crippen LogP contribution < -0.4 is 5.32 Å². The van der Waals surface area contributed by atoms with Gasteiger partial charge in [-0.3, -0.25) is 4.79 Å². The minimum Gasteiger partial charge on any atom is -0.336 e. The predicted molar refractivity (Wildman–Crippen MR) is 103 cm³/mol. The molecule has 1 unspecified atom stereocenters. The first-order valence-corrected chi connectivity index (χ1v) is 9.64.